The molecule has 36 heavy (non-hydrogen) atoms. The van der Waals surface area contributed by atoms with Crippen LogP contribution in [0.3, 0.4) is 0 Å². The molecule has 0 aromatic heterocycles. The molecule has 1 aliphatic rings. The van der Waals surface area contributed by atoms with Gasteiger partial charge in [-0.2, -0.15) is 0 Å². The molecule has 5 rings (SSSR count). The van der Waals surface area contributed by atoms with E-state index in [0.29, 0.717) is 33.9 Å². The quantitative estimate of drug-likeness (QED) is 0.304. The Bertz CT molecular complexity index is 1410. The van der Waals surface area contributed by atoms with Crippen molar-refractivity contribution in [1.82, 2.24) is 0 Å². The molecule has 0 saturated heterocycles. The number of hydrogen-bond acceptors (Lipinski definition) is 6. The van der Waals surface area contributed by atoms with Crippen molar-refractivity contribution in [2.45, 2.75) is 12.2 Å². The van der Waals surface area contributed by atoms with Crippen LogP contribution in [0.5, 0.6) is 23.0 Å². The lowest BCUT2D eigenvalue weighted by Gasteiger charge is -2.29. The lowest BCUT2D eigenvalue weighted by atomic mass is 9.97. The van der Waals surface area contributed by atoms with Crippen LogP contribution in [-0.4, -0.2) is 25.8 Å². The zero-order valence-electron chi connectivity index (χ0n) is 19.9. The molecule has 0 bridgehead atoms. The molecule has 1 atom stereocenters. The van der Waals surface area contributed by atoms with E-state index in [1.165, 1.54) is 7.11 Å². The Labute approximate surface area is 209 Å². The zero-order valence-corrected chi connectivity index (χ0v) is 19.9. The molecule has 0 amide bonds. The van der Waals surface area contributed by atoms with E-state index >= 15 is 0 Å². The van der Waals surface area contributed by atoms with Gasteiger partial charge in [0.25, 0.3) is 5.78 Å². The number of benzene rings is 4. The van der Waals surface area contributed by atoms with E-state index in [2.05, 4.69) is 0 Å². The summed E-state index contributed by atoms with van der Waals surface area (Å²) in [6.45, 7) is 0. The van der Waals surface area contributed by atoms with Gasteiger partial charge in [-0.15, -0.1) is 0 Å². The van der Waals surface area contributed by atoms with Crippen molar-refractivity contribution in [2.75, 3.05) is 14.2 Å². The first-order valence-electron chi connectivity index (χ1n) is 11.5. The number of Topliss-reactive ketones (excluding diaryl/α,β-unsaturated/α-hetero) is 2. The topological polar surface area (TPSA) is 71.1 Å². The van der Waals surface area contributed by atoms with E-state index in [0.717, 1.165) is 5.56 Å². The summed E-state index contributed by atoms with van der Waals surface area (Å²) in [4.78, 5) is 27.2. The van der Waals surface area contributed by atoms with Crippen LogP contribution in [0, 0.1) is 0 Å². The van der Waals surface area contributed by atoms with Crippen LogP contribution in [0.15, 0.2) is 97.1 Å². The molecular weight excluding hydrogens is 456 g/mol. The normalized spacial score (nSPS) is 16.1. The highest BCUT2D eigenvalue weighted by Gasteiger charge is 2.53. The third kappa shape index (κ3) is 4.18. The van der Waals surface area contributed by atoms with Crippen molar-refractivity contribution >= 4 is 11.6 Å². The Balaban J connectivity index is 1.60. The molecule has 0 aliphatic carbocycles. The van der Waals surface area contributed by atoms with Gasteiger partial charge >= 0.3 is 5.79 Å². The Morgan fingerprint density at radius 2 is 1.44 bits per heavy atom. The van der Waals surface area contributed by atoms with Crippen LogP contribution in [-0.2, 0) is 12.2 Å². The van der Waals surface area contributed by atoms with Crippen LogP contribution >= 0.6 is 0 Å². The number of carbonyl (C=O) groups excluding carboxylic acids is 2. The Morgan fingerprint density at radius 1 is 0.806 bits per heavy atom. The molecule has 0 fully saturated rings. The van der Waals surface area contributed by atoms with Crippen LogP contribution in [0.25, 0.3) is 0 Å². The summed E-state index contributed by atoms with van der Waals surface area (Å²) >= 11 is 0. The molecule has 0 spiro atoms. The molecule has 0 N–H and O–H groups in total. The molecule has 180 valence electrons. The highest BCUT2D eigenvalue weighted by Crippen LogP contribution is 2.45. The number of carbonyl (C=O) groups is 2. The maximum absolute atomic E-state index is 13.8. The minimum Gasteiger partial charge on any atom is -0.497 e. The summed E-state index contributed by atoms with van der Waals surface area (Å²) in [7, 11) is 3.07. The highest BCUT2D eigenvalue weighted by molar-refractivity contribution is 6.07. The number of rotatable bonds is 8. The fourth-order valence-electron chi connectivity index (χ4n) is 4.23. The van der Waals surface area contributed by atoms with Gasteiger partial charge < -0.3 is 18.9 Å². The molecule has 1 aliphatic heterocycles. The molecule has 4 aromatic carbocycles. The van der Waals surface area contributed by atoms with E-state index in [4.69, 9.17) is 18.9 Å². The van der Waals surface area contributed by atoms with Crippen molar-refractivity contribution in [3.8, 4) is 23.0 Å². The summed E-state index contributed by atoms with van der Waals surface area (Å²) in [5.74, 6) is -0.818. The molecule has 4 aromatic rings. The minimum atomic E-state index is -1.83. The summed E-state index contributed by atoms with van der Waals surface area (Å²) < 4.78 is 23.4. The van der Waals surface area contributed by atoms with Crippen molar-refractivity contribution in [3.05, 3.63) is 119 Å². The van der Waals surface area contributed by atoms with E-state index < -0.39 is 5.79 Å². The maximum atomic E-state index is 13.8. The SMILES string of the molecule is COc1ccc(C(=O)Cc2ccccc2)c(OC2(c3ccccc3)Oc3cc(OC)ccc3C2=O)c1. The second-order valence-corrected chi connectivity index (χ2v) is 8.33. The Hall–Kier alpha value is -4.58. The van der Waals surface area contributed by atoms with Crippen LogP contribution in [0.1, 0.15) is 31.8 Å². The summed E-state index contributed by atoms with van der Waals surface area (Å²) in [6, 6.07) is 28.3. The predicted molar refractivity (Wildman–Crippen MR) is 134 cm³/mol. The fourth-order valence-corrected chi connectivity index (χ4v) is 4.23. The summed E-state index contributed by atoms with van der Waals surface area (Å²) in [6.07, 6.45) is 0.175. The van der Waals surface area contributed by atoms with Crippen LogP contribution in [0.2, 0.25) is 0 Å². The third-order valence-corrected chi connectivity index (χ3v) is 6.09. The Morgan fingerprint density at radius 3 is 2.14 bits per heavy atom. The van der Waals surface area contributed by atoms with Gasteiger partial charge in [0.1, 0.15) is 23.0 Å². The number of ether oxygens (including phenoxy) is 4. The number of methoxy groups -OCH3 is 2. The largest absolute Gasteiger partial charge is 0.497 e. The van der Waals surface area contributed by atoms with Crippen LogP contribution in [0.4, 0.5) is 0 Å². The van der Waals surface area contributed by atoms with Gasteiger partial charge in [-0.3, -0.25) is 9.59 Å². The van der Waals surface area contributed by atoms with Gasteiger partial charge in [0.05, 0.1) is 25.3 Å². The van der Waals surface area contributed by atoms with Gasteiger partial charge in [0.15, 0.2) is 5.78 Å². The van der Waals surface area contributed by atoms with Crippen molar-refractivity contribution in [1.29, 1.82) is 0 Å². The third-order valence-electron chi connectivity index (χ3n) is 6.09. The highest BCUT2D eigenvalue weighted by atomic mass is 16.7. The lowest BCUT2D eigenvalue weighted by molar-refractivity contribution is -0.0749. The molecular formula is C30H24O6. The number of fused-ring (bicyclic) bond motifs is 1. The molecule has 6 nitrogen and oxygen atoms in total. The molecule has 0 saturated carbocycles. The first-order chi connectivity index (χ1) is 17.5. The second-order valence-electron chi connectivity index (χ2n) is 8.33. The Kier molecular flexibility index (Phi) is 6.17. The maximum Gasteiger partial charge on any atom is 0.344 e. The van der Waals surface area contributed by atoms with Gasteiger partial charge in [-0.25, -0.2) is 0 Å². The average molecular weight is 481 g/mol. The van der Waals surface area contributed by atoms with Crippen LogP contribution < -0.4 is 18.9 Å². The van der Waals surface area contributed by atoms with E-state index in [9.17, 15) is 9.59 Å². The smallest absolute Gasteiger partial charge is 0.344 e. The standard InChI is InChI=1S/C30H24O6/c1-33-22-13-15-24(26(31)17-20-9-5-3-6-10-20)27(18-22)35-30(21-11-7-4-8-12-21)29(32)25-16-14-23(34-2)19-28(25)36-30/h3-16,18-19H,17H2,1-2H3. The number of hydrogen-bond donors (Lipinski definition) is 0. The monoisotopic (exact) mass is 480 g/mol. The van der Waals surface area contributed by atoms with Gasteiger partial charge in [-0.05, 0) is 29.8 Å². The average Bonchev–Trinajstić information content (AvgIpc) is 3.20. The minimum absolute atomic E-state index is 0.160. The van der Waals surface area contributed by atoms with E-state index in [1.54, 1.807) is 67.8 Å². The summed E-state index contributed by atoms with van der Waals surface area (Å²) in [5, 5.41) is 0. The summed E-state index contributed by atoms with van der Waals surface area (Å²) in [5.41, 5.74) is 2.05. The van der Waals surface area contributed by atoms with Gasteiger partial charge in [0.2, 0.25) is 0 Å². The van der Waals surface area contributed by atoms with E-state index in [-0.39, 0.29) is 23.7 Å². The van der Waals surface area contributed by atoms with E-state index in [1.807, 2.05) is 36.4 Å². The molecule has 1 heterocycles. The first kappa shape index (κ1) is 23.2. The van der Waals surface area contributed by atoms with Gasteiger partial charge in [0, 0.05) is 24.1 Å². The van der Waals surface area contributed by atoms with Crippen molar-refractivity contribution in [3.63, 3.8) is 0 Å². The van der Waals surface area contributed by atoms with Crippen molar-refractivity contribution in [2.24, 2.45) is 0 Å². The predicted octanol–water partition coefficient (Wildman–Crippen LogP) is 5.64. The van der Waals surface area contributed by atoms with Gasteiger partial charge in [-0.1, -0.05) is 60.7 Å². The molecule has 1 unspecified atom stereocenters. The fraction of sp³-hybridized carbons (Fsp3) is 0.133. The van der Waals surface area contributed by atoms with Crippen molar-refractivity contribution < 1.29 is 28.5 Å². The zero-order chi connectivity index (χ0) is 25.1. The first-order valence-corrected chi connectivity index (χ1v) is 11.5. The number of ketones is 2. The lowest BCUT2D eigenvalue weighted by Crippen LogP contribution is -2.43. The molecule has 0 radical (unpaired) electrons. The molecule has 6 heteroatoms. The second kappa shape index (κ2) is 9.58.